The standard InChI is InChI=1S/C12H14O2.C8H9NO/c1-4-5-14-11-6-9(2)12(8-13)10(3)7-11;1-9(7-10)8-5-3-2-4-6-8/h4,6-8H,1,5H2,2-3H3;2-7H,1H3. The summed E-state index contributed by atoms with van der Waals surface area (Å²) in [5.74, 6) is 0.783. The van der Waals surface area contributed by atoms with Gasteiger partial charge in [0.2, 0.25) is 6.41 Å². The molecule has 0 aliphatic rings. The van der Waals surface area contributed by atoms with Crippen LogP contribution in [0.2, 0.25) is 0 Å². The molecule has 24 heavy (non-hydrogen) atoms. The highest BCUT2D eigenvalue weighted by atomic mass is 16.5. The SMILES string of the molecule is C=CCOc1cc(C)c(C=O)c(C)c1.CN(C=O)c1ccccc1. The number of rotatable bonds is 6. The minimum Gasteiger partial charge on any atom is -0.490 e. The second-order valence-electron chi connectivity index (χ2n) is 5.24. The number of amides is 1. The molecule has 4 heteroatoms. The second kappa shape index (κ2) is 10.0. The molecule has 0 unspecified atom stereocenters. The number of anilines is 1. The molecule has 0 N–H and O–H groups in total. The number of nitrogens with zero attached hydrogens (tertiary/aromatic N) is 1. The Kier molecular flexibility index (Phi) is 7.99. The summed E-state index contributed by atoms with van der Waals surface area (Å²) in [5.41, 5.74) is 3.55. The van der Waals surface area contributed by atoms with Crippen molar-refractivity contribution in [3.05, 3.63) is 71.8 Å². The number of ether oxygens (including phenoxy) is 1. The summed E-state index contributed by atoms with van der Waals surface area (Å²) < 4.78 is 5.38. The van der Waals surface area contributed by atoms with Crippen LogP contribution in [0.4, 0.5) is 5.69 Å². The molecule has 126 valence electrons. The minimum absolute atomic E-state index is 0.485. The van der Waals surface area contributed by atoms with Crippen molar-refractivity contribution >= 4 is 18.4 Å². The van der Waals surface area contributed by atoms with E-state index in [2.05, 4.69) is 6.58 Å². The van der Waals surface area contributed by atoms with Crippen LogP contribution in [0.1, 0.15) is 21.5 Å². The Morgan fingerprint density at radius 3 is 2.12 bits per heavy atom. The zero-order valence-corrected chi connectivity index (χ0v) is 14.4. The van der Waals surface area contributed by atoms with Crippen LogP contribution in [0.25, 0.3) is 0 Å². The summed E-state index contributed by atoms with van der Waals surface area (Å²) in [6, 6.07) is 13.2. The van der Waals surface area contributed by atoms with Crippen LogP contribution < -0.4 is 9.64 Å². The highest BCUT2D eigenvalue weighted by Crippen LogP contribution is 2.20. The molecule has 0 bridgehead atoms. The van der Waals surface area contributed by atoms with E-state index in [0.717, 1.165) is 40.8 Å². The van der Waals surface area contributed by atoms with Gasteiger partial charge < -0.3 is 9.64 Å². The van der Waals surface area contributed by atoms with E-state index in [1.807, 2.05) is 56.3 Å². The van der Waals surface area contributed by atoms with Crippen LogP contribution >= 0.6 is 0 Å². The molecule has 0 heterocycles. The molecule has 0 radical (unpaired) electrons. The van der Waals surface area contributed by atoms with Gasteiger partial charge in [0.05, 0.1) is 0 Å². The molecule has 0 fully saturated rings. The van der Waals surface area contributed by atoms with Crippen LogP contribution in [0, 0.1) is 13.8 Å². The van der Waals surface area contributed by atoms with Gasteiger partial charge in [-0.15, -0.1) is 0 Å². The lowest BCUT2D eigenvalue weighted by Gasteiger charge is -2.08. The molecule has 2 aromatic carbocycles. The van der Waals surface area contributed by atoms with E-state index in [1.165, 1.54) is 4.90 Å². The van der Waals surface area contributed by atoms with Gasteiger partial charge in [-0.2, -0.15) is 0 Å². The molecule has 0 saturated carbocycles. The Hall–Kier alpha value is -2.88. The number of hydrogen-bond acceptors (Lipinski definition) is 3. The number of carbonyl (C=O) groups excluding carboxylic acids is 2. The van der Waals surface area contributed by atoms with E-state index in [0.29, 0.717) is 6.61 Å². The van der Waals surface area contributed by atoms with E-state index in [-0.39, 0.29) is 0 Å². The van der Waals surface area contributed by atoms with Gasteiger partial charge in [0.1, 0.15) is 12.4 Å². The second-order valence-corrected chi connectivity index (χ2v) is 5.24. The van der Waals surface area contributed by atoms with Crippen molar-refractivity contribution in [1.29, 1.82) is 0 Å². The Labute approximate surface area is 143 Å². The fourth-order valence-corrected chi connectivity index (χ4v) is 2.08. The number of carbonyl (C=O) groups is 2. The molecule has 4 nitrogen and oxygen atoms in total. The molecule has 0 aliphatic carbocycles. The Morgan fingerprint density at radius 2 is 1.67 bits per heavy atom. The highest BCUT2D eigenvalue weighted by Gasteiger charge is 2.04. The van der Waals surface area contributed by atoms with Crippen molar-refractivity contribution in [3.8, 4) is 5.75 Å². The smallest absolute Gasteiger partial charge is 0.213 e. The summed E-state index contributed by atoms with van der Waals surface area (Å²) >= 11 is 0. The topological polar surface area (TPSA) is 46.6 Å². The molecule has 2 rings (SSSR count). The number of aryl methyl sites for hydroxylation is 2. The summed E-state index contributed by atoms with van der Waals surface area (Å²) in [4.78, 5) is 22.5. The maximum atomic E-state index is 10.7. The fourth-order valence-electron chi connectivity index (χ4n) is 2.08. The summed E-state index contributed by atoms with van der Waals surface area (Å²) in [6.45, 7) is 7.86. The molecule has 0 atom stereocenters. The zero-order valence-electron chi connectivity index (χ0n) is 14.4. The molecule has 1 amide bonds. The number of aldehydes is 1. The van der Waals surface area contributed by atoms with Gasteiger partial charge in [-0.1, -0.05) is 30.9 Å². The van der Waals surface area contributed by atoms with Crippen LogP contribution in [0.15, 0.2) is 55.1 Å². The number of para-hydroxylation sites is 1. The zero-order chi connectivity index (χ0) is 17.9. The lowest BCUT2D eigenvalue weighted by Crippen LogP contribution is -2.12. The van der Waals surface area contributed by atoms with Crippen LogP contribution in [-0.2, 0) is 4.79 Å². The van der Waals surface area contributed by atoms with Crippen molar-refractivity contribution in [1.82, 2.24) is 0 Å². The molecule has 0 spiro atoms. The third kappa shape index (κ3) is 5.72. The Bertz CT molecular complexity index is 658. The maximum absolute atomic E-state index is 10.7. The average molecular weight is 325 g/mol. The maximum Gasteiger partial charge on any atom is 0.213 e. The summed E-state index contributed by atoms with van der Waals surface area (Å²) in [6.07, 6.45) is 3.36. The third-order valence-electron chi connectivity index (χ3n) is 3.37. The first-order valence-corrected chi connectivity index (χ1v) is 7.56. The molecule has 0 aromatic heterocycles. The lowest BCUT2D eigenvalue weighted by molar-refractivity contribution is -0.107. The largest absolute Gasteiger partial charge is 0.490 e. The molecule has 2 aromatic rings. The normalized spacial score (nSPS) is 9.29. The van der Waals surface area contributed by atoms with Gasteiger partial charge in [-0.25, -0.2) is 0 Å². The lowest BCUT2D eigenvalue weighted by atomic mass is 10.0. The van der Waals surface area contributed by atoms with Gasteiger partial charge >= 0.3 is 0 Å². The molecule has 0 saturated heterocycles. The molecule has 0 aliphatic heterocycles. The first-order chi connectivity index (χ1) is 11.5. The summed E-state index contributed by atoms with van der Waals surface area (Å²) in [5, 5.41) is 0. The van der Waals surface area contributed by atoms with E-state index in [9.17, 15) is 9.59 Å². The number of benzene rings is 2. The van der Waals surface area contributed by atoms with Crippen molar-refractivity contribution in [2.24, 2.45) is 0 Å². The Balaban J connectivity index is 0.000000254. The third-order valence-corrected chi connectivity index (χ3v) is 3.37. The predicted octanol–water partition coefficient (Wildman–Crippen LogP) is 3.96. The monoisotopic (exact) mass is 325 g/mol. The van der Waals surface area contributed by atoms with Gasteiger partial charge in [0.15, 0.2) is 6.29 Å². The first-order valence-electron chi connectivity index (χ1n) is 7.56. The van der Waals surface area contributed by atoms with Crippen LogP contribution in [0.5, 0.6) is 5.75 Å². The van der Waals surface area contributed by atoms with Gasteiger partial charge in [-0.3, -0.25) is 9.59 Å². The van der Waals surface area contributed by atoms with Crippen molar-refractivity contribution in [2.75, 3.05) is 18.6 Å². The first kappa shape index (κ1) is 19.2. The summed E-state index contributed by atoms with van der Waals surface area (Å²) in [7, 11) is 1.72. The minimum atomic E-state index is 0.485. The van der Waals surface area contributed by atoms with Crippen LogP contribution in [-0.4, -0.2) is 26.4 Å². The average Bonchev–Trinajstić information content (AvgIpc) is 2.60. The predicted molar refractivity (Wildman–Crippen MR) is 97.9 cm³/mol. The van der Waals surface area contributed by atoms with E-state index < -0.39 is 0 Å². The van der Waals surface area contributed by atoms with Gasteiger partial charge in [0.25, 0.3) is 0 Å². The Morgan fingerprint density at radius 1 is 1.08 bits per heavy atom. The van der Waals surface area contributed by atoms with Gasteiger partial charge in [-0.05, 0) is 49.2 Å². The van der Waals surface area contributed by atoms with Gasteiger partial charge in [0, 0.05) is 18.3 Å². The van der Waals surface area contributed by atoms with Crippen molar-refractivity contribution < 1.29 is 14.3 Å². The number of hydrogen-bond donors (Lipinski definition) is 0. The van der Waals surface area contributed by atoms with E-state index >= 15 is 0 Å². The van der Waals surface area contributed by atoms with E-state index in [1.54, 1.807) is 13.1 Å². The van der Waals surface area contributed by atoms with Crippen molar-refractivity contribution in [3.63, 3.8) is 0 Å². The fraction of sp³-hybridized carbons (Fsp3) is 0.200. The quantitative estimate of drug-likeness (QED) is 0.596. The molecular formula is C20H23NO3. The van der Waals surface area contributed by atoms with Crippen molar-refractivity contribution in [2.45, 2.75) is 13.8 Å². The highest BCUT2D eigenvalue weighted by molar-refractivity contribution is 5.80. The molecular weight excluding hydrogens is 302 g/mol. The van der Waals surface area contributed by atoms with Crippen LogP contribution in [0.3, 0.4) is 0 Å². The van der Waals surface area contributed by atoms with E-state index in [4.69, 9.17) is 4.74 Å².